The van der Waals surface area contributed by atoms with E-state index in [2.05, 4.69) is 41.6 Å². The number of piperidine rings is 1. The fourth-order valence-corrected chi connectivity index (χ4v) is 5.38. The Hall–Kier alpha value is -1.16. The smallest absolute Gasteiger partial charge is 0.138 e. The molecule has 0 bridgehead atoms. The van der Waals surface area contributed by atoms with Gasteiger partial charge in [-0.15, -0.1) is 0 Å². The molecule has 1 saturated carbocycles. The number of rotatable bonds is 10. The van der Waals surface area contributed by atoms with Crippen LogP contribution in [0.4, 0.5) is 0 Å². The third-order valence-electron chi connectivity index (χ3n) is 7.32. The second kappa shape index (κ2) is 11.3. The molecule has 2 heterocycles. The highest BCUT2D eigenvalue weighted by Crippen LogP contribution is 2.33. The van der Waals surface area contributed by atoms with Crippen LogP contribution >= 0.6 is 0 Å². The second-order valence-electron chi connectivity index (χ2n) is 10.1. The minimum Gasteiger partial charge on any atom is -0.303 e. The van der Waals surface area contributed by atoms with Gasteiger partial charge in [0, 0.05) is 24.6 Å². The van der Waals surface area contributed by atoms with Crippen LogP contribution in [0.2, 0.25) is 0 Å². The molecule has 3 rings (SSSR count). The lowest BCUT2D eigenvalue weighted by molar-refractivity contribution is -0.127. The molecule has 0 radical (unpaired) electrons. The van der Waals surface area contributed by atoms with E-state index in [1.807, 2.05) is 6.20 Å². The molecule has 164 valence electrons. The van der Waals surface area contributed by atoms with Gasteiger partial charge < -0.3 is 4.90 Å². The molecule has 0 amide bonds. The highest BCUT2D eigenvalue weighted by atomic mass is 16.1. The molecule has 4 nitrogen and oxygen atoms in total. The summed E-state index contributed by atoms with van der Waals surface area (Å²) < 4.78 is 2.13. The molecule has 2 fully saturated rings. The molecule has 4 heteroatoms. The Kier molecular flexibility index (Phi) is 8.77. The van der Waals surface area contributed by atoms with Gasteiger partial charge in [-0.05, 0) is 88.9 Å². The lowest BCUT2D eigenvalue weighted by Crippen LogP contribution is -2.35. The molecule has 1 aliphatic heterocycles. The summed E-state index contributed by atoms with van der Waals surface area (Å²) in [5.41, 5.74) is 1.26. The van der Waals surface area contributed by atoms with Crippen molar-refractivity contribution in [1.82, 2.24) is 14.7 Å². The Balaban J connectivity index is 1.20. The maximum absolute atomic E-state index is 12.2. The van der Waals surface area contributed by atoms with Crippen LogP contribution in [0.5, 0.6) is 0 Å². The van der Waals surface area contributed by atoms with Crippen molar-refractivity contribution in [3.05, 3.63) is 18.0 Å². The summed E-state index contributed by atoms with van der Waals surface area (Å²) in [6.45, 7) is 11.1. The normalized spacial score (nSPS) is 24.3. The highest BCUT2D eigenvalue weighted by molar-refractivity contribution is 5.82. The van der Waals surface area contributed by atoms with Gasteiger partial charge >= 0.3 is 0 Å². The molecule has 1 aromatic rings. The average molecular weight is 402 g/mol. The molecule has 29 heavy (non-hydrogen) atoms. The molecule has 1 saturated heterocycles. The van der Waals surface area contributed by atoms with Gasteiger partial charge in [0.15, 0.2) is 0 Å². The number of likely N-dealkylation sites (tertiary alicyclic amines) is 1. The molecule has 0 aromatic carbocycles. The van der Waals surface area contributed by atoms with Crippen molar-refractivity contribution in [2.75, 3.05) is 19.6 Å². The van der Waals surface area contributed by atoms with Crippen molar-refractivity contribution in [2.24, 2.45) is 23.7 Å². The number of hydrogen-bond acceptors (Lipinski definition) is 3. The van der Waals surface area contributed by atoms with Gasteiger partial charge in [-0.25, -0.2) is 0 Å². The van der Waals surface area contributed by atoms with Gasteiger partial charge in [-0.2, -0.15) is 5.10 Å². The van der Waals surface area contributed by atoms with E-state index in [0.717, 1.165) is 31.2 Å². The number of aryl methyl sites for hydroxylation is 1. The van der Waals surface area contributed by atoms with Crippen LogP contribution in [-0.4, -0.2) is 40.1 Å². The standard InChI is InChI=1S/C25H43N3O/c1-20(2)25(29)24-10-8-22(9-11-24)7-5-4-6-14-27-15-12-23(13-16-27)19-28-18-21(3)17-26-28/h17-18,20,22-24H,4-16,19H2,1-3H3/t22-,24+. The quantitative estimate of drug-likeness (QED) is 0.486. The van der Waals surface area contributed by atoms with Crippen molar-refractivity contribution >= 4 is 5.78 Å². The van der Waals surface area contributed by atoms with Crippen molar-refractivity contribution < 1.29 is 4.79 Å². The fraction of sp³-hybridized carbons (Fsp3) is 0.840. The molecule has 0 spiro atoms. The van der Waals surface area contributed by atoms with Crippen molar-refractivity contribution in [3.8, 4) is 0 Å². The van der Waals surface area contributed by atoms with Crippen LogP contribution in [0.3, 0.4) is 0 Å². The summed E-state index contributed by atoms with van der Waals surface area (Å²) in [5, 5.41) is 4.44. The lowest BCUT2D eigenvalue weighted by atomic mass is 9.76. The van der Waals surface area contributed by atoms with Gasteiger partial charge in [0.1, 0.15) is 5.78 Å². The van der Waals surface area contributed by atoms with E-state index in [1.54, 1.807) is 0 Å². The first-order valence-electron chi connectivity index (χ1n) is 12.3. The van der Waals surface area contributed by atoms with Crippen molar-refractivity contribution in [3.63, 3.8) is 0 Å². The summed E-state index contributed by atoms with van der Waals surface area (Å²) in [7, 11) is 0. The maximum Gasteiger partial charge on any atom is 0.138 e. The number of Topliss-reactive ketones (excluding diaryl/α,β-unsaturated/α-hetero) is 1. The van der Waals surface area contributed by atoms with Gasteiger partial charge in [0.2, 0.25) is 0 Å². The monoisotopic (exact) mass is 401 g/mol. The molecule has 0 atom stereocenters. The average Bonchev–Trinajstić information content (AvgIpc) is 3.13. The number of unbranched alkanes of at least 4 members (excludes halogenated alkanes) is 2. The third-order valence-corrected chi connectivity index (χ3v) is 7.32. The van der Waals surface area contributed by atoms with E-state index in [4.69, 9.17) is 0 Å². The van der Waals surface area contributed by atoms with Crippen molar-refractivity contribution in [1.29, 1.82) is 0 Å². The second-order valence-corrected chi connectivity index (χ2v) is 10.1. The highest BCUT2D eigenvalue weighted by Gasteiger charge is 2.27. The van der Waals surface area contributed by atoms with Crippen molar-refractivity contribution in [2.45, 2.75) is 91.5 Å². The molecular weight excluding hydrogens is 358 g/mol. The summed E-state index contributed by atoms with van der Waals surface area (Å²) in [4.78, 5) is 14.8. The Morgan fingerprint density at radius 1 is 1.03 bits per heavy atom. The van der Waals surface area contributed by atoms with Crippen LogP contribution in [0.1, 0.15) is 83.6 Å². The van der Waals surface area contributed by atoms with Gasteiger partial charge in [-0.1, -0.05) is 33.1 Å². The zero-order valence-electron chi connectivity index (χ0n) is 19.1. The largest absolute Gasteiger partial charge is 0.303 e. The number of aromatic nitrogens is 2. The maximum atomic E-state index is 12.2. The molecule has 1 aliphatic carbocycles. The van der Waals surface area contributed by atoms with Crippen LogP contribution in [0.15, 0.2) is 12.4 Å². The van der Waals surface area contributed by atoms with E-state index >= 15 is 0 Å². The summed E-state index contributed by atoms with van der Waals surface area (Å²) in [5.74, 6) is 2.77. The lowest BCUT2D eigenvalue weighted by Gasteiger charge is -2.32. The molecular formula is C25H43N3O. The summed E-state index contributed by atoms with van der Waals surface area (Å²) in [6, 6.07) is 0. The molecule has 0 unspecified atom stereocenters. The topological polar surface area (TPSA) is 38.1 Å². The van der Waals surface area contributed by atoms with Crippen LogP contribution in [-0.2, 0) is 11.3 Å². The molecule has 0 N–H and O–H groups in total. The minimum absolute atomic E-state index is 0.219. The predicted octanol–water partition coefficient (Wildman–Crippen LogP) is 5.50. The van der Waals surface area contributed by atoms with E-state index in [1.165, 1.54) is 76.6 Å². The fourth-order valence-electron chi connectivity index (χ4n) is 5.38. The molecule has 2 aliphatic rings. The minimum atomic E-state index is 0.219. The summed E-state index contributed by atoms with van der Waals surface area (Å²) in [6.07, 6.45) is 17.1. The predicted molar refractivity (Wildman–Crippen MR) is 120 cm³/mol. The number of nitrogens with zero attached hydrogens (tertiary/aromatic N) is 3. The Morgan fingerprint density at radius 3 is 2.38 bits per heavy atom. The van der Waals surface area contributed by atoms with Crippen LogP contribution in [0.25, 0.3) is 0 Å². The Bertz CT molecular complexity index is 607. The van der Waals surface area contributed by atoms with E-state index in [9.17, 15) is 4.79 Å². The SMILES string of the molecule is Cc1cnn(CC2CCN(CCCCC[C@H]3CC[C@@H](C(=O)C(C)C)CC3)CC2)c1. The molecule has 1 aromatic heterocycles. The first-order valence-corrected chi connectivity index (χ1v) is 12.3. The number of carbonyl (C=O) groups excluding carboxylic acids is 1. The Morgan fingerprint density at radius 2 is 1.76 bits per heavy atom. The van der Waals surface area contributed by atoms with E-state index in [-0.39, 0.29) is 5.92 Å². The Labute approximate surface area is 178 Å². The number of hydrogen-bond donors (Lipinski definition) is 0. The van der Waals surface area contributed by atoms with Gasteiger partial charge in [0.05, 0.1) is 6.20 Å². The first-order chi connectivity index (χ1) is 14.0. The van der Waals surface area contributed by atoms with Crippen LogP contribution in [0, 0.1) is 30.6 Å². The number of ketones is 1. The zero-order chi connectivity index (χ0) is 20.6. The van der Waals surface area contributed by atoms with Gasteiger partial charge in [-0.3, -0.25) is 9.48 Å². The first kappa shape index (κ1) is 22.5. The number of carbonyl (C=O) groups is 1. The van der Waals surface area contributed by atoms with Crippen LogP contribution < -0.4 is 0 Å². The van der Waals surface area contributed by atoms with Gasteiger partial charge in [0.25, 0.3) is 0 Å². The third kappa shape index (κ3) is 7.24. The van der Waals surface area contributed by atoms with E-state index < -0.39 is 0 Å². The van der Waals surface area contributed by atoms with E-state index in [0.29, 0.717) is 11.7 Å². The zero-order valence-corrected chi connectivity index (χ0v) is 19.1. The summed E-state index contributed by atoms with van der Waals surface area (Å²) >= 11 is 0.